The van der Waals surface area contributed by atoms with Crippen LogP contribution >= 0.6 is 11.8 Å². The van der Waals surface area contributed by atoms with Crippen molar-refractivity contribution >= 4 is 11.8 Å². The van der Waals surface area contributed by atoms with Crippen LogP contribution in [-0.4, -0.2) is 11.5 Å². The number of thioether (sulfide) groups is 1. The van der Waals surface area contributed by atoms with Crippen LogP contribution in [0.25, 0.3) is 0 Å². The van der Waals surface area contributed by atoms with Gasteiger partial charge in [0.15, 0.2) is 0 Å². The molecular formula is C20H28OS. The lowest BCUT2D eigenvalue weighted by molar-refractivity contribution is -0.0318. The number of hydrogen-bond acceptors (Lipinski definition) is 2. The molecule has 0 unspecified atom stereocenters. The maximum absolute atomic E-state index is 6.61. The first-order valence-corrected chi connectivity index (χ1v) is 9.73. The lowest BCUT2D eigenvalue weighted by Gasteiger charge is -2.38. The number of benzene rings is 1. The Labute approximate surface area is 139 Å². The third kappa shape index (κ3) is 1.96. The van der Waals surface area contributed by atoms with E-state index >= 15 is 0 Å². The lowest BCUT2D eigenvalue weighted by atomic mass is 9.70. The first-order chi connectivity index (χ1) is 10.4. The van der Waals surface area contributed by atoms with Crippen molar-refractivity contribution in [3.63, 3.8) is 0 Å². The van der Waals surface area contributed by atoms with E-state index < -0.39 is 0 Å². The fraction of sp³-hybridized carbons (Fsp3) is 0.700. The van der Waals surface area contributed by atoms with Crippen LogP contribution < -0.4 is 0 Å². The molecule has 4 rings (SSSR count). The second-order valence-corrected chi connectivity index (χ2v) is 9.86. The van der Waals surface area contributed by atoms with Gasteiger partial charge in [-0.25, -0.2) is 0 Å². The van der Waals surface area contributed by atoms with Crippen molar-refractivity contribution in [3.8, 4) is 0 Å². The van der Waals surface area contributed by atoms with Crippen LogP contribution in [0.3, 0.4) is 0 Å². The van der Waals surface area contributed by atoms with Crippen LogP contribution in [0.5, 0.6) is 0 Å². The van der Waals surface area contributed by atoms with Gasteiger partial charge in [0, 0.05) is 5.25 Å². The molecule has 1 heterocycles. The second-order valence-electron chi connectivity index (χ2n) is 8.36. The van der Waals surface area contributed by atoms with Crippen molar-refractivity contribution in [2.24, 2.45) is 22.7 Å². The van der Waals surface area contributed by atoms with Crippen molar-refractivity contribution in [2.45, 2.75) is 63.7 Å². The van der Waals surface area contributed by atoms with E-state index in [0.29, 0.717) is 27.6 Å². The second kappa shape index (κ2) is 5.01. The van der Waals surface area contributed by atoms with E-state index in [9.17, 15) is 0 Å². The third-order valence-electron chi connectivity index (χ3n) is 7.30. The van der Waals surface area contributed by atoms with E-state index in [0.717, 1.165) is 11.8 Å². The number of fused-ring (bicyclic) bond motifs is 5. The Kier molecular flexibility index (Phi) is 3.44. The summed E-state index contributed by atoms with van der Waals surface area (Å²) in [4.78, 5) is 0. The van der Waals surface area contributed by atoms with Gasteiger partial charge in [-0.2, -0.15) is 0 Å². The van der Waals surface area contributed by atoms with Gasteiger partial charge in [0.2, 0.25) is 0 Å². The van der Waals surface area contributed by atoms with Gasteiger partial charge in [-0.1, -0.05) is 51.1 Å². The fourth-order valence-electron chi connectivity index (χ4n) is 5.60. The molecule has 1 saturated heterocycles. The molecule has 2 aliphatic carbocycles. The van der Waals surface area contributed by atoms with Crippen LogP contribution in [0.15, 0.2) is 30.3 Å². The maximum atomic E-state index is 6.61. The highest BCUT2D eigenvalue weighted by atomic mass is 32.2. The van der Waals surface area contributed by atoms with Gasteiger partial charge in [-0.05, 0) is 54.4 Å². The van der Waals surface area contributed by atoms with Crippen LogP contribution in [0.2, 0.25) is 0 Å². The summed E-state index contributed by atoms with van der Waals surface area (Å²) in [5, 5.41) is 0.517. The molecule has 0 amide bonds. The van der Waals surface area contributed by atoms with Crippen molar-refractivity contribution in [3.05, 3.63) is 35.9 Å². The van der Waals surface area contributed by atoms with E-state index in [2.05, 4.69) is 58.0 Å². The molecular weight excluding hydrogens is 288 g/mol. The number of rotatable bonds is 3. The maximum Gasteiger partial charge on any atom is 0.104 e. The lowest BCUT2D eigenvalue weighted by Crippen LogP contribution is -2.37. The topological polar surface area (TPSA) is 9.23 Å². The molecule has 1 aromatic rings. The molecule has 0 aromatic heterocycles. The van der Waals surface area contributed by atoms with E-state index in [1.807, 2.05) is 11.8 Å². The average molecular weight is 317 g/mol. The molecule has 3 fully saturated rings. The highest BCUT2D eigenvalue weighted by Crippen LogP contribution is 2.71. The smallest absolute Gasteiger partial charge is 0.104 e. The molecule has 3 aliphatic rings. The average Bonchev–Trinajstić information content (AvgIpc) is 3.05. The summed E-state index contributed by atoms with van der Waals surface area (Å²) in [5.74, 6) is 1.68. The molecule has 6 atom stereocenters. The van der Waals surface area contributed by atoms with Crippen LogP contribution in [-0.2, 0) is 4.74 Å². The highest BCUT2D eigenvalue weighted by molar-refractivity contribution is 8.00. The molecule has 1 aliphatic heterocycles. The minimum absolute atomic E-state index is 0.390. The minimum atomic E-state index is 0.390. The first-order valence-electron chi connectivity index (χ1n) is 8.79. The largest absolute Gasteiger partial charge is 0.363 e. The van der Waals surface area contributed by atoms with Gasteiger partial charge in [-0.15, -0.1) is 11.8 Å². The van der Waals surface area contributed by atoms with E-state index in [4.69, 9.17) is 4.74 Å². The predicted octanol–water partition coefficient (Wildman–Crippen LogP) is 5.67. The van der Waals surface area contributed by atoms with Crippen LogP contribution in [0, 0.1) is 22.7 Å². The minimum Gasteiger partial charge on any atom is -0.363 e. The Morgan fingerprint density at radius 3 is 2.59 bits per heavy atom. The van der Waals surface area contributed by atoms with Crippen molar-refractivity contribution in [1.82, 2.24) is 0 Å². The van der Waals surface area contributed by atoms with Gasteiger partial charge < -0.3 is 4.74 Å². The summed E-state index contributed by atoms with van der Waals surface area (Å²) < 4.78 is 6.61. The van der Waals surface area contributed by atoms with Crippen LogP contribution in [0.1, 0.15) is 57.8 Å². The van der Waals surface area contributed by atoms with Gasteiger partial charge in [0.25, 0.3) is 0 Å². The third-order valence-corrected chi connectivity index (χ3v) is 8.58. The zero-order valence-corrected chi connectivity index (χ0v) is 15.0. The Morgan fingerprint density at radius 1 is 1.18 bits per heavy atom. The molecule has 2 bridgehead atoms. The summed E-state index contributed by atoms with van der Waals surface area (Å²) >= 11 is 2.03. The molecule has 22 heavy (non-hydrogen) atoms. The molecule has 1 nitrogen and oxygen atoms in total. The molecule has 0 N–H and O–H groups in total. The predicted molar refractivity (Wildman–Crippen MR) is 93.8 cm³/mol. The molecule has 1 aromatic carbocycles. The van der Waals surface area contributed by atoms with E-state index in [1.165, 1.54) is 24.8 Å². The van der Waals surface area contributed by atoms with Crippen LogP contribution in [0.4, 0.5) is 0 Å². The van der Waals surface area contributed by atoms with Gasteiger partial charge in [0.05, 0.1) is 6.10 Å². The van der Waals surface area contributed by atoms with Gasteiger partial charge in [0.1, 0.15) is 5.44 Å². The normalized spacial score (nSPS) is 43.3. The van der Waals surface area contributed by atoms with Crippen molar-refractivity contribution in [2.75, 3.05) is 0 Å². The number of hydrogen-bond donors (Lipinski definition) is 0. The highest BCUT2D eigenvalue weighted by Gasteiger charge is 2.68. The summed E-state index contributed by atoms with van der Waals surface area (Å²) in [6.45, 7) is 9.78. The quantitative estimate of drug-likeness (QED) is 0.710. The Bertz CT molecular complexity index is 554. The molecule has 120 valence electrons. The van der Waals surface area contributed by atoms with Crippen molar-refractivity contribution < 1.29 is 4.74 Å². The summed E-state index contributed by atoms with van der Waals surface area (Å²) in [6, 6.07) is 10.8. The molecule has 0 spiro atoms. The summed E-state index contributed by atoms with van der Waals surface area (Å²) in [5.41, 5.74) is 2.67. The molecule has 2 heteroatoms. The van der Waals surface area contributed by atoms with Gasteiger partial charge in [-0.3, -0.25) is 0 Å². The Morgan fingerprint density at radius 2 is 1.91 bits per heavy atom. The van der Waals surface area contributed by atoms with E-state index in [-0.39, 0.29) is 0 Å². The zero-order valence-electron chi connectivity index (χ0n) is 14.2. The summed E-state index contributed by atoms with van der Waals surface area (Å²) in [6.07, 6.45) is 4.54. The molecule has 2 saturated carbocycles. The Balaban J connectivity index is 1.47. The Hall–Kier alpha value is -0.470. The summed E-state index contributed by atoms with van der Waals surface area (Å²) in [7, 11) is 0. The zero-order chi connectivity index (χ0) is 15.5. The molecule has 0 radical (unpaired) electrons. The number of ether oxygens (including phenoxy) is 1. The monoisotopic (exact) mass is 316 g/mol. The van der Waals surface area contributed by atoms with Gasteiger partial charge >= 0.3 is 0 Å². The van der Waals surface area contributed by atoms with Crippen molar-refractivity contribution in [1.29, 1.82) is 0 Å². The van der Waals surface area contributed by atoms with E-state index in [1.54, 1.807) is 0 Å². The first kappa shape index (κ1) is 15.1. The fourth-order valence-corrected chi connectivity index (χ4v) is 6.89. The SMILES string of the molecule is C[C@H](S[C@H]1C[C@@H]2[C@H]3CC[C@@](C)([C@@H]2O1)C3(C)C)c1ccccc1. The standard InChI is InChI=1S/C20H28OS/c1-13(14-8-6-5-7-9-14)22-17-12-15-16-10-11-20(4,18(15)21-17)19(16,2)3/h5-9,13,15-18H,10-12H2,1-4H3/t13-,15+,16+,17-,18+,20-/m0/s1.